The maximum Gasteiger partial charge on any atom is 0.248 e. The molecule has 0 spiro atoms. The first kappa shape index (κ1) is 14.0. The molecule has 0 unspecified atom stereocenters. The molecule has 0 amide bonds. The van der Waals surface area contributed by atoms with E-state index in [0.717, 1.165) is 26.6 Å². The summed E-state index contributed by atoms with van der Waals surface area (Å²) in [6.07, 6.45) is 1.09. The molecule has 0 radical (unpaired) electrons. The molecular weight excluding hydrogens is 409 g/mol. The van der Waals surface area contributed by atoms with Gasteiger partial charge in [-0.3, -0.25) is 0 Å². The van der Waals surface area contributed by atoms with Crippen molar-refractivity contribution in [1.29, 1.82) is 0 Å². The molecule has 0 atom stereocenters. The van der Waals surface area contributed by atoms with Crippen LogP contribution in [0.3, 0.4) is 0 Å². The van der Waals surface area contributed by atoms with E-state index >= 15 is 0 Å². The first-order valence-electron chi connectivity index (χ1n) is 5.69. The summed E-state index contributed by atoms with van der Waals surface area (Å²) in [5, 5.41) is 11.4. The van der Waals surface area contributed by atoms with Gasteiger partial charge in [0.1, 0.15) is 0 Å². The molecule has 6 heteroatoms. The number of benzene rings is 1. The Balaban J connectivity index is 2.16. The lowest BCUT2D eigenvalue weighted by molar-refractivity contribution is 0.477. The average molecular weight is 422 g/mol. The van der Waals surface area contributed by atoms with Gasteiger partial charge in [-0.2, -0.15) is 0 Å². The summed E-state index contributed by atoms with van der Waals surface area (Å²) >= 11 is 5.71. The Morgan fingerprint density at radius 2 is 2.22 bits per heavy atom. The third-order valence-electron chi connectivity index (χ3n) is 2.33. The molecule has 1 heterocycles. The molecule has 4 nitrogen and oxygen atoms in total. The Hall–Kier alpha value is -0.470. The van der Waals surface area contributed by atoms with Gasteiger partial charge in [-0.15, -0.1) is 10.2 Å². The van der Waals surface area contributed by atoms with E-state index in [-0.39, 0.29) is 0 Å². The third-order valence-corrected chi connectivity index (χ3v) is 3.76. The highest BCUT2D eigenvalue weighted by atomic mass is 127. The maximum atomic E-state index is 5.64. The third kappa shape index (κ3) is 3.52. The van der Waals surface area contributed by atoms with Crippen LogP contribution in [0.4, 0.5) is 0 Å². The Kier molecular flexibility index (Phi) is 5.13. The van der Waals surface area contributed by atoms with Crippen molar-refractivity contribution < 1.29 is 4.42 Å². The second-order valence-electron chi connectivity index (χ2n) is 3.80. The first-order valence-corrected chi connectivity index (χ1v) is 7.56. The van der Waals surface area contributed by atoms with Gasteiger partial charge in [0, 0.05) is 8.04 Å². The van der Waals surface area contributed by atoms with Crippen LogP contribution in [0.25, 0.3) is 11.5 Å². The van der Waals surface area contributed by atoms with Gasteiger partial charge in [0.05, 0.1) is 12.1 Å². The van der Waals surface area contributed by atoms with Crippen molar-refractivity contribution in [1.82, 2.24) is 15.5 Å². The lowest BCUT2D eigenvalue weighted by Crippen LogP contribution is -2.13. The summed E-state index contributed by atoms with van der Waals surface area (Å²) in [4.78, 5) is 0. The maximum absolute atomic E-state index is 5.64. The predicted octanol–water partition coefficient (Wildman–Crippen LogP) is 3.60. The Morgan fingerprint density at radius 1 is 1.39 bits per heavy atom. The fourth-order valence-corrected chi connectivity index (χ4v) is 2.39. The summed E-state index contributed by atoms with van der Waals surface area (Å²) in [6.45, 7) is 3.69. The Labute approximate surface area is 128 Å². The molecule has 0 saturated carbocycles. The zero-order valence-electron chi connectivity index (χ0n) is 9.91. The molecule has 96 valence electrons. The first-order chi connectivity index (χ1) is 8.70. The number of aromatic nitrogens is 2. The number of nitrogens with zero attached hydrogens (tertiary/aromatic N) is 2. The van der Waals surface area contributed by atoms with Crippen LogP contribution in [0, 0.1) is 3.57 Å². The molecule has 0 aliphatic carbocycles. The molecule has 0 aliphatic heterocycles. The predicted molar refractivity (Wildman–Crippen MR) is 82.1 cm³/mol. The van der Waals surface area contributed by atoms with Crippen LogP contribution in [-0.2, 0) is 6.54 Å². The summed E-state index contributed by atoms with van der Waals surface area (Å²) in [7, 11) is 0. The molecule has 2 aromatic rings. The number of halogens is 2. The lowest BCUT2D eigenvalue weighted by atomic mass is 10.2. The van der Waals surface area contributed by atoms with Crippen LogP contribution < -0.4 is 5.32 Å². The topological polar surface area (TPSA) is 51.0 Å². The number of nitrogens with one attached hydrogen (secondary N) is 1. The van der Waals surface area contributed by atoms with Gasteiger partial charge >= 0.3 is 0 Å². The van der Waals surface area contributed by atoms with E-state index in [4.69, 9.17) is 4.42 Å². The second kappa shape index (κ2) is 6.63. The van der Waals surface area contributed by atoms with E-state index in [1.165, 1.54) is 0 Å². The van der Waals surface area contributed by atoms with Gasteiger partial charge < -0.3 is 9.73 Å². The molecule has 1 aromatic carbocycles. The quantitative estimate of drug-likeness (QED) is 0.591. The number of hydrogen-bond donors (Lipinski definition) is 1. The molecule has 0 aliphatic rings. The van der Waals surface area contributed by atoms with Crippen LogP contribution in [0.1, 0.15) is 19.2 Å². The van der Waals surface area contributed by atoms with Gasteiger partial charge in [-0.25, -0.2) is 0 Å². The molecule has 2 rings (SSSR count). The highest BCUT2D eigenvalue weighted by Crippen LogP contribution is 2.27. The van der Waals surface area contributed by atoms with Crippen LogP contribution in [0.5, 0.6) is 0 Å². The average Bonchev–Trinajstić information content (AvgIpc) is 2.81. The van der Waals surface area contributed by atoms with Gasteiger partial charge in [0.2, 0.25) is 11.8 Å². The zero-order valence-corrected chi connectivity index (χ0v) is 13.7. The SMILES string of the molecule is CCCNCc1nnc(-c2cc(Br)ccc2I)o1. The fourth-order valence-electron chi connectivity index (χ4n) is 1.47. The molecule has 0 bridgehead atoms. The largest absolute Gasteiger partial charge is 0.419 e. The van der Waals surface area contributed by atoms with E-state index in [1.54, 1.807) is 0 Å². The van der Waals surface area contributed by atoms with Crippen molar-refractivity contribution in [3.05, 3.63) is 32.1 Å². The smallest absolute Gasteiger partial charge is 0.248 e. The van der Waals surface area contributed by atoms with Gasteiger partial charge in [-0.1, -0.05) is 22.9 Å². The highest BCUT2D eigenvalue weighted by molar-refractivity contribution is 14.1. The molecule has 1 aromatic heterocycles. The highest BCUT2D eigenvalue weighted by Gasteiger charge is 2.11. The fraction of sp³-hybridized carbons (Fsp3) is 0.333. The van der Waals surface area contributed by atoms with E-state index in [0.29, 0.717) is 18.3 Å². The molecule has 18 heavy (non-hydrogen) atoms. The summed E-state index contributed by atoms with van der Waals surface area (Å²) in [5.74, 6) is 1.18. The van der Waals surface area contributed by atoms with Crippen molar-refractivity contribution >= 4 is 38.5 Å². The van der Waals surface area contributed by atoms with E-state index in [2.05, 4.69) is 61.0 Å². The Morgan fingerprint density at radius 3 is 3.00 bits per heavy atom. The van der Waals surface area contributed by atoms with Crippen molar-refractivity contribution in [3.63, 3.8) is 0 Å². The van der Waals surface area contributed by atoms with Crippen molar-refractivity contribution in [2.75, 3.05) is 6.54 Å². The van der Waals surface area contributed by atoms with Crippen LogP contribution in [0.15, 0.2) is 27.1 Å². The normalized spacial score (nSPS) is 10.8. The van der Waals surface area contributed by atoms with Crippen molar-refractivity contribution in [2.24, 2.45) is 0 Å². The van der Waals surface area contributed by atoms with E-state index in [9.17, 15) is 0 Å². The van der Waals surface area contributed by atoms with Crippen LogP contribution in [-0.4, -0.2) is 16.7 Å². The minimum atomic E-state index is 0.564. The molecular formula is C12H13BrIN3O. The monoisotopic (exact) mass is 421 g/mol. The zero-order chi connectivity index (χ0) is 13.0. The van der Waals surface area contributed by atoms with Gasteiger partial charge in [0.25, 0.3) is 0 Å². The molecule has 0 fully saturated rings. The molecule has 1 N–H and O–H groups in total. The van der Waals surface area contributed by atoms with Crippen LogP contribution in [0.2, 0.25) is 0 Å². The minimum Gasteiger partial charge on any atom is -0.419 e. The van der Waals surface area contributed by atoms with E-state index < -0.39 is 0 Å². The number of rotatable bonds is 5. The summed E-state index contributed by atoms with van der Waals surface area (Å²) in [6, 6.07) is 5.99. The van der Waals surface area contributed by atoms with Gasteiger partial charge in [-0.05, 0) is 53.8 Å². The standard InChI is InChI=1S/C12H13BrIN3O/c1-2-5-15-7-11-16-17-12(18-11)9-6-8(13)3-4-10(9)14/h3-4,6,15H,2,5,7H2,1H3. The lowest BCUT2D eigenvalue weighted by Gasteiger charge is -2.00. The number of hydrogen-bond acceptors (Lipinski definition) is 4. The van der Waals surface area contributed by atoms with Crippen molar-refractivity contribution in [2.45, 2.75) is 19.9 Å². The van der Waals surface area contributed by atoms with Crippen LogP contribution >= 0.6 is 38.5 Å². The van der Waals surface area contributed by atoms with E-state index in [1.807, 2.05) is 18.2 Å². The Bertz CT molecular complexity index is 530. The summed E-state index contributed by atoms with van der Waals surface area (Å²) in [5.41, 5.74) is 0.958. The molecule has 0 saturated heterocycles. The minimum absolute atomic E-state index is 0.564. The van der Waals surface area contributed by atoms with Crippen molar-refractivity contribution in [3.8, 4) is 11.5 Å². The summed E-state index contributed by atoms with van der Waals surface area (Å²) < 4.78 is 7.73. The second-order valence-corrected chi connectivity index (χ2v) is 5.88. The van der Waals surface area contributed by atoms with Gasteiger partial charge in [0.15, 0.2) is 0 Å².